The molecular formula is C9H13NS. The minimum absolute atomic E-state index is 0.527. The fourth-order valence-electron chi connectivity index (χ4n) is 0.747. The van der Waals surface area contributed by atoms with E-state index >= 15 is 0 Å². The first kappa shape index (κ1) is 8.47. The van der Waals surface area contributed by atoms with Crippen LogP contribution < -0.4 is 0 Å². The molecule has 0 saturated carbocycles. The highest BCUT2D eigenvalue weighted by atomic mass is 32.1. The van der Waals surface area contributed by atoms with E-state index in [0.29, 0.717) is 5.92 Å². The van der Waals surface area contributed by atoms with Gasteiger partial charge in [0.05, 0.1) is 5.69 Å². The zero-order valence-electron chi connectivity index (χ0n) is 7.22. The zero-order valence-corrected chi connectivity index (χ0v) is 8.03. The molecule has 2 heteroatoms. The first-order valence-corrected chi connectivity index (χ1v) is 4.60. The topological polar surface area (TPSA) is 12.9 Å². The van der Waals surface area contributed by atoms with Gasteiger partial charge in [-0.25, -0.2) is 4.98 Å². The van der Waals surface area contributed by atoms with Crippen molar-refractivity contribution in [1.82, 2.24) is 4.98 Å². The van der Waals surface area contributed by atoms with E-state index in [4.69, 9.17) is 0 Å². The lowest BCUT2D eigenvalue weighted by Gasteiger charge is -1.96. The molecule has 0 aliphatic rings. The average molecular weight is 167 g/mol. The number of allylic oxidation sites excluding steroid dienone is 1. The van der Waals surface area contributed by atoms with Gasteiger partial charge in [-0.3, -0.25) is 0 Å². The van der Waals surface area contributed by atoms with Gasteiger partial charge >= 0.3 is 0 Å². The molecule has 0 fully saturated rings. The van der Waals surface area contributed by atoms with Crippen LogP contribution in [0.2, 0.25) is 0 Å². The maximum Gasteiger partial charge on any atom is 0.118 e. The second-order valence-corrected chi connectivity index (χ2v) is 3.87. The van der Waals surface area contributed by atoms with Gasteiger partial charge in [0.25, 0.3) is 0 Å². The van der Waals surface area contributed by atoms with Gasteiger partial charge in [-0.15, -0.1) is 11.3 Å². The molecule has 11 heavy (non-hydrogen) atoms. The van der Waals surface area contributed by atoms with E-state index in [1.807, 2.05) is 6.92 Å². The summed E-state index contributed by atoms with van der Waals surface area (Å²) in [5, 5.41) is 3.17. The summed E-state index contributed by atoms with van der Waals surface area (Å²) in [6, 6.07) is 0. The largest absolute Gasteiger partial charge is 0.241 e. The third-order valence-electron chi connectivity index (χ3n) is 1.48. The van der Waals surface area contributed by atoms with E-state index in [-0.39, 0.29) is 0 Å². The predicted octanol–water partition coefficient (Wildman–Crippen LogP) is 3.30. The molecular weight excluding hydrogens is 154 g/mol. The van der Waals surface area contributed by atoms with Crippen LogP contribution in [0.3, 0.4) is 0 Å². The van der Waals surface area contributed by atoms with Crippen LogP contribution >= 0.6 is 11.3 Å². The van der Waals surface area contributed by atoms with Crippen molar-refractivity contribution in [3.8, 4) is 0 Å². The minimum atomic E-state index is 0.527. The number of aromatic nitrogens is 1. The number of hydrogen-bond acceptors (Lipinski definition) is 2. The molecule has 1 aromatic rings. The molecule has 1 rings (SSSR count). The molecule has 0 bridgehead atoms. The summed E-state index contributed by atoms with van der Waals surface area (Å²) in [6.45, 7) is 10.1. The van der Waals surface area contributed by atoms with Crippen LogP contribution in [0.5, 0.6) is 0 Å². The van der Waals surface area contributed by atoms with Crippen LogP contribution in [-0.4, -0.2) is 4.98 Å². The van der Waals surface area contributed by atoms with Crippen molar-refractivity contribution in [2.75, 3.05) is 0 Å². The van der Waals surface area contributed by atoms with Crippen molar-refractivity contribution in [3.63, 3.8) is 0 Å². The van der Waals surface area contributed by atoms with Gasteiger partial charge in [0.15, 0.2) is 0 Å². The maximum atomic E-state index is 4.43. The Morgan fingerprint density at radius 3 is 2.55 bits per heavy atom. The van der Waals surface area contributed by atoms with Crippen LogP contribution in [0.25, 0.3) is 5.57 Å². The Morgan fingerprint density at radius 1 is 1.64 bits per heavy atom. The van der Waals surface area contributed by atoms with Crippen molar-refractivity contribution >= 4 is 16.9 Å². The Kier molecular flexibility index (Phi) is 2.45. The van der Waals surface area contributed by atoms with Crippen LogP contribution in [0.15, 0.2) is 12.0 Å². The van der Waals surface area contributed by atoms with E-state index < -0.39 is 0 Å². The number of thiazole rings is 1. The molecule has 0 atom stereocenters. The minimum Gasteiger partial charge on any atom is -0.241 e. The molecule has 0 N–H and O–H groups in total. The second kappa shape index (κ2) is 3.18. The molecule has 0 amide bonds. The fraction of sp³-hybridized carbons (Fsp3) is 0.444. The highest BCUT2D eigenvalue weighted by Crippen LogP contribution is 2.21. The summed E-state index contributed by atoms with van der Waals surface area (Å²) in [4.78, 5) is 4.43. The Hall–Kier alpha value is -0.630. The highest BCUT2D eigenvalue weighted by Gasteiger charge is 2.04. The van der Waals surface area contributed by atoms with E-state index in [1.165, 1.54) is 5.69 Å². The summed E-state index contributed by atoms with van der Waals surface area (Å²) in [6.07, 6.45) is 0. The SMILES string of the molecule is C=C(C)c1nc(C(C)C)cs1. The second-order valence-electron chi connectivity index (χ2n) is 3.01. The van der Waals surface area contributed by atoms with Gasteiger partial charge in [0.1, 0.15) is 5.01 Å². The molecule has 0 aromatic carbocycles. The van der Waals surface area contributed by atoms with E-state index in [2.05, 4.69) is 30.8 Å². The van der Waals surface area contributed by atoms with Crippen LogP contribution in [0, 0.1) is 0 Å². The lowest BCUT2D eigenvalue weighted by molar-refractivity contribution is 0.831. The van der Waals surface area contributed by atoms with Crippen molar-refractivity contribution in [3.05, 3.63) is 22.7 Å². The summed E-state index contributed by atoms with van der Waals surface area (Å²) < 4.78 is 0. The molecule has 1 nitrogen and oxygen atoms in total. The van der Waals surface area contributed by atoms with Crippen molar-refractivity contribution in [2.24, 2.45) is 0 Å². The first-order chi connectivity index (χ1) is 5.11. The van der Waals surface area contributed by atoms with Gasteiger partial charge in [-0.1, -0.05) is 20.4 Å². The van der Waals surface area contributed by atoms with Gasteiger partial charge in [0, 0.05) is 5.38 Å². The Labute approximate surface area is 71.8 Å². The highest BCUT2D eigenvalue weighted by molar-refractivity contribution is 7.10. The quantitative estimate of drug-likeness (QED) is 0.658. The maximum absolute atomic E-state index is 4.43. The summed E-state index contributed by atoms with van der Waals surface area (Å²) in [7, 11) is 0. The molecule has 0 unspecified atom stereocenters. The average Bonchev–Trinajstić information content (AvgIpc) is 2.33. The van der Waals surface area contributed by atoms with Crippen molar-refractivity contribution in [1.29, 1.82) is 0 Å². The Morgan fingerprint density at radius 2 is 2.27 bits per heavy atom. The van der Waals surface area contributed by atoms with E-state index in [1.54, 1.807) is 11.3 Å². The summed E-state index contributed by atoms with van der Waals surface area (Å²) in [5.74, 6) is 0.527. The van der Waals surface area contributed by atoms with E-state index in [9.17, 15) is 0 Å². The Bertz CT molecular complexity index is 260. The number of nitrogens with zero attached hydrogens (tertiary/aromatic N) is 1. The lowest BCUT2D eigenvalue weighted by Crippen LogP contribution is -1.86. The molecule has 0 spiro atoms. The summed E-state index contributed by atoms with van der Waals surface area (Å²) >= 11 is 1.68. The first-order valence-electron chi connectivity index (χ1n) is 3.72. The monoisotopic (exact) mass is 167 g/mol. The number of hydrogen-bond donors (Lipinski definition) is 0. The molecule has 1 aromatic heterocycles. The van der Waals surface area contributed by atoms with Crippen LogP contribution in [0.4, 0.5) is 0 Å². The normalized spacial score (nSPS) is 10.5. The smallest absolute Gasteiger partial charge is 0.118 e. The molecule has 0 radical (unpaired) electrons. The van der Waals surface area contributed by atoms with Gasteiger partial charge in [0.2, 0.25) is 0 Å². The molecule has 60 valence electrons. The molecule has 0 saturated heterocycles. The van der Waals surface area contributed by atoms with Crippen molar-refractivity contribution < 1.29 is 0 Å². The van der Waals surface area contributed by atoms with Gasteiger partial charge in [-0.2, -0.15) is 0 Å². The summed E-state index contributed by atoms with van der Waals surface area (Å²) in [5.41, 5.74) is 2.23. The zero-order chi connectivity index (χ0) is 8.43. The van der Waals surface area contributed by atoms with Crippen LogP contribution in [0.1, 0.15) is 37.4 Å². The van der Waals surface area contributed by atoms with E-state index in [0.717, 1.165) is 10.6 Å². The third kappa shape index (κ3) is 1.90. The lowest BCUT2D eigenvalue weighted by atomic mass is 10.2. The molecule has 0 aliphatic heterocycles. The van der Waals surface area contributed by atoms with Gasteiger partial charge in [-0.05, 0) is 18.4 Å². The predicted molar refractivity (Wildman–Crippen MR) is 50.9 cm³/mol. The van der Waals surface area contributed by atoms with Gasteiger partial charge < -0.3 is 0 Å². The van der Waals surface area contributed by atoms with Crippen molar-refractivity contribution in [2.45, 2.75) is 26.7 Å². The molecule has 1 heterocycles. The van der Waals surface area contributed by atoms with Crippen LogP contribution in [-0.2, 0) is 0 Å². The third-order valence-corrected chi connectivity index (χ3v) is 2.50. The Balaban J connectivity index is 2.90. The standard InChI is InChI=1S/C9H13NS/c1-6(2)8-5-11-9(10-8)7(3)4/h5-6H,3H2,1-2,4H3. The molecule has 0 aliphatic carbocycles. The fourth-order valence-corrected chi connectivity index (χ4v) is 1.66. The number of rotatable bonds is 2.